The van der Waals surface area contributed by atoms with Gasteiger partial charge in [0.25, 0.3) is 0 Å². The van der Waals surface area contributed by atoms with Crippen LogP contribution in [0.15, 0.2) is 47.4 Å². The summed E-state index contributed by atoms with van der Waals surface area (Å²) in [5.41, 5.74) is 2.18. The van der Waals surface area contributed by atoms with Gasteiger partial charge in [-0.3, -0.25) is 14.6 Å². The first kappa shape index (κ1) is 28.7. The molecule has 0 aliphatic carbocycles. The predicted octanol–water partition coefficient (Wildman–Crippen LogP) is 6.05. The van der Waals surface area contributed by atoms with Crippen molar-refractivity contribution in [1.82, 2.24) is 9.88 Å². The van der Waals surface area contributed by atoms with E-state index in [0.29, 0.717) is 19.6 Å². The summed E-state index contributed by atoms with van der Waals surface area (Å²) in [6, 6.07) is 14.5. The van der Waals surface area contributed by atoms with E-state index < -0.39 is 0 Å². The molecule has 1 aliphatic rings. The van der Waals surface area contributed by atoms with Gasteiger partial charge in [0.05, 0.1) is 30.0 Å². The van der Waals surface area contributed by atoms with Gasteiger partial charge < -0.3 is 9.47 Å². The monoisotopic (exact) mass is 549 g/mol. The maximum absolute atomic E-state index is 13.4. The number of thiazole rings is 1. The van der Waals surface area contributed by atoms with E-state index in [1.807, 2.05) is 41.8 Å². The largest absolute Gasteiger partial charge is 0.494 e. The number of morpholine rings is 1. The first-order chi connectivity index (χ1) is 17.1. The van der Waals surface area contributed by atoms with Gasteiger partial charge in [-0.1, -0.05) is 29.0 Å². The van der Waals surface area contributed by atoms with Crippen molar-refractivity contribution < 1.29 is 14.3 Å². The number of aryl methyl sites for hydroxylation is 1. The Morgan fingerprint density at radius 2 is 1.94 bits per heavy atom. The maximum atomic E-state index is 13.4. The molecule has 1 aliphatic heterocycles. The van der Waals surface area contributed by atoms with Crippen molar-refractivity contribution in [3.05, 3.63) is 48.0 Å². The van der Waals surface area contributed by atoms with Gasteiger partial charge in [-0.2, -0.15) is 0 Å². The molecule has 1 fully saturated rings. The lowest BCUT2D eigenvalue weighted by atomic mass is 10.2. The number of benzene rings is 2. The summed E-state index contributed by atoms with van der Waals surface area (Å²) in [7, 11) is 0. The summed E-state index contributed by atoms with van der Waals surface area (Å²) in [4.78, 5) is 23.7. The molecule has 36 heavy (non-hydrogen) atoms. The normalized spacial score (nSPS) is 13.9. The molecule has 0 bridgehead atoms. The fourth-order valence-corrected chi connectivity index (χ4v) is 5.94. The lowest BCUT2D eigenvalue weighted by Crippen LogP contribution is -2.39. The number of aromatic nitrogens is 1. The molecule has 196 valence electrons. The van der Waals surface area contributed by atoms with Crippen LogP contribution < -0.4 is 9.64 Å². The molecular weight excluding hydrogens is 514 g/mol. The highest BCUT2D eigenvalue weighted by Crippen LogP contribution is 2.32. The first-order valence-corrected chi connectivity index (χ1v) is 14.3. The van der Waals surface area contributed by atoms with E-state index in [2.05, 4.69) is 36.1 Å². The zero-order valence-electron chi connectivity index (χ0n) is 21.1. The van der Waals surface area contributed by atoms with Gasteiger partial charge >= 0.3 is 0 Å². The average molecular weight is 550 g/mol. The van der Waals surface area contributed by atoms with Gasteiger partial charge in [0.1, 0.15) is 5.75 Å². The molecule has 1 aromatic heterocycles. The zero-order chi connectivity index (χ0) is 24.5. The molecule has 1 saturated heterocycles. The van der Waals surface area contributed by atoms with Crippen LogP contribution in [0.4, 0.5) is 5.13 Å². The predicted molar refractivity (Wildman–Crippen MR) is 153 cm³/mol. The first-order valence-electron chi connectivity index (χ1n) is 12.5. The minimum atomic E-state index is 0. The van der Waals surface area contributed by atoms with Gasteiger partial charge in [-0.05, 0) is 62.8 Å². The van der Waals surface area contributed by atoms with Crippen LogP contribution in [-0.2, 0) is 9.53 Å². The van der Waals surface area contributed by atoms with Crippen LogP contribution in [-0.4, -0.2) is 67.5 Å². The molecule has 3 aromatic rings. The van der Waals surface area contributed by atoms with Crippen LogP contribution in [0.5, 0.6) is 5.75 Å². The van der Waals surface area contributed by atoms with E-state index in [1.165, 1.54) is 10.5 Å². The van der Waals surface area contributed by atoms with Crippen LogP contribution >= 0.6 is 35.5 Å². The van der Waals surface area contributed by atoms with E-state index in [9.17, 15) is 4.79 Å². The molecule has 0 unspecified atom stereocenters. The Hall–Kier alpha value is -1.84. The molecule has 0 spiro atoms. The standard InChI is InChI=1S/C27H35N3O3S2.ClH/c1-3-33-22-9-12-24-25(20-22)35-27(28-24)30(14-5-13-29-15-17-32-18-16-29)26(31)6-4-19-34-23-10-7-21(2)8-11-23;/h7-12,20H,3-6,13-19H2,1-2H3;1H. The van der Waals surface area contributed by atoms with Crippen LogP contribution in [0.25, 0.3) is 10.2 Å². The third-order valence-electron chi connectivity index (χ3n) is 5.98. The van der Waals surface area contributed by atoms with Crippen molar-refractivity contribution in [2.45, 2.75) is 38.0 Å². The van der Waals surface area contributed by atoms with Crippen molar-refractivity contribution in [3.8, 4) is 5.75 Å². The summed E-state index contributed by atoms with van der Waals surface area (Å²) < 4.78 is 12.2. The number of fused-ring (bicyclic) bond motifs is 1. The molecule has 0 saturated carbocycles. The van der Waals surface area contributed by atoms with Crippen molar-refractivity contribution in [2.75, 3.05) is 56.7 Å². The van der Waals surface area contributed by atoms with Crippen LogP contribution in [0.3, 0.4) is 0 Å². The number of thioether (sulfide) groups is 1. The van der Waals surface area contributed by atoms with Gasteiger partial charge in [-0.25, -0.2) is 4.98 Å². The second kappa shape index (κ2) is 14.8. The highest BCUT2D eigenvalue weighted by Gasteiger charge is 2.20. The third-order valence-corrected chi connectivity index (χ3v) is 8.12. The number of carbonyl (C=O) groups is 1. The smallest absolute Gasteiger partial charge is 0.228 e. The zero-order valence-corrected chi connectivity index (χ0v) is 23.6. The highest BCUT2D eigenvalue weighted by molar-refractivity contribution is 7.99. The number of hydrogen-bond acceptors (Lipinski definition) is 7. The number of ether oxygens (including phenoxy) is 2. The molecule has 0 radical (unpaired) electrons. The fraction of sp³-hybridized carbons (Fsp3) is 0.481. The quantitative estimate of drug-likeness (QED) is 0.202. The molecule has 4 rings (SSSR count). The number of amides is 1. The second-order valence-corrected chi connectivity index (χ2v) is 10.9. The van der Waals surface area contributed by atoms with E-state index in [0.717, 1.165) is 72.5 Å². The maximum Gasteiger partial charge on any atom is 0.228 e. The lowest BCUT2D eigenvalue weighted by Gasteiger charge is -2.27. The fourth-order valence-electron chi connectivity index (χ4n) is 4.05. The second-order valence-electron chi connectivity index (χ2n) is 8.68. The number of anilines is 1. The molecule has 0 atom stereocenters. The minimum Gasteiger partial charge on any atom is -0.494 e. The van der Waals surface area contributed by atoms with E-state index in [1.54, 1.807) is 11.3 Å². The lowest BCUT2D eigenvalue weighted by molar-refractivity contribution is -0.118. The Bertz CT molecular complexity index is 1090. The Morgan fingerprint density at radius 3 is 2.69 bits per heavy atom. The average Bonchev–Trinajstić information content (AvgIpc) is 3.29. The number of halogens is 1. The van der Waals surface area contributed by atoms with Gasteiger partial charge in [0, 0.05) is 37.5 Å². The Morgan fingerprint density at radius 1 is 1.17 bits per heavy atom. The van der Waals surface area contributed by atoms with Crippen LogP contribution in [0.2, 0.25) is 0 Å². The highest BCUT2D eigenvalue weighted by atomic mass is 35.5. The van der Waals surface area contributed by atoms with E-state index in [4.69, 9.17) is 14.5 Å². The minimum absolute atomic E-state index is 0. The molecule has 6 nitrogen and oxygen atoms in total. The number of hydrogen-bond donors (Lipinski definition) is 0. The Balaban J connectivity index is 0.00000361. The SMILES string of the molecule is CCOc1ccc2nc(N(CCCN3CCOCC3)C(=O)CCCSc3ccc(C)cc3)sc2c1.Cl. The van der Waals surface area contributed by atoms with Crippen molar-refractivity contribution in [3.63, 3.8) is 0 Å². The van der Waals surface area contributed by atoms with Gasteiger partial charge in [0.15, 0.2) is 5.13 Å². The van der Waals surface area contributed by atoms with Crippen LogP contribution in [0.1, 0.15) is 31.7 Å². The molecule has 2 heterocycles. The molecule has 9 heteroatoms. The Kier molecular flexibility index (Phi) is 11.8. The summed E-state index contributed by atoms with van der Waals surface area (Å²) >= 11 is 3.38. The molecule has 2 aromatic carbocycles. The van der Waals surface area contributed by atoms with Crippen molar-refractivity contribution in [1.29, 1.82) is 0 Å². The number of nitrogens with zero attached hydrogens (tertiary/aromatic N) is 3. The van der Waals surface area contributed by atoms with Gasteiger partial charge in [0.2, 0.25) is 5.91 Å². The third kappa shape index (κ3) is 8.35. The summed E-state index contributed by atoms with van der Waals surface area (Å²) in [6.07, 6.45) is 2.29. The molecular formula is C27H36ClN3O3S2. The van der Waals surface area contributed by atoms with Crippen molar-refractivity contribution in [2.24, 2.45) is 0 Å². The number of rotatable bonds is 12. The summed E-state index contributed by atoms with van der Waals surface area (Å²) in [6.45, 7) is 9.87. The van der Waals surface area contributed by atoms with Gasteiger partial charge in [-0.15, -0.1) is 24.2 Å². The number of carbonyl (C=O) groups excluding carboxylic acids is 1. The molecule has 0 N–H and O–H groups in total. The Labute approximate surface area is 228 Å². The van der Waals surface area contributed by atoms with Crippen LogP contribution in [0, 0.1) is 6.92 Å². The van der Waals surface area contributed by atoms with Crippen molar-refractivity contribution >= 4 is 56.8 Å². The topological polar surface area (TPSA) is 54.9 Å². The summed E-state index contributed by atoms with van der Waals surface area (Å²) in [5.74, 6) is 1.92. The summed E-state index contributed by atoms with van der Waals surface area (Å²) in [5, 5.41) is 0.784. The molecule has 1 amide bonds. The van der Waals surface area contributed by atoms with E-state index >= 15 is 0 Å². The van der Waals surface area contributed by atoms with E-state index in [-0.39, 0.29) is 18.3 Å².